The first kappa shape index (κ1) is 14.8. The number of anilines is 1. The maximum atomic E-state index is 10.4. The standard InChI is InChI=1S/C18H23N3O2/c1-12-18(20-15-6-3-2-5-14(15)19-12)21-9-4-7-16(21)13-11-23-10-8-17(13)22/h2-3,5-6,13,16-17,22H,4,7-11H2,1H3/t13-,16-,17-/m1/s1. The fraction of sp³-hybridized carbons (Fsp3) is 0.556. The fourth-order valence-electron chi connectivity index (χ4n) is 3.97. The summed E-state index contributed by atoms with van der Waals surface area (Å²) >= 11 is 0. The topological polar surface area (TPSA) is 58.5 Å². The van der Waals surface area contributed by atoms with E-state index in [1.54, 1.807) is 0 Å². The first-order valence-corrected chi connectivity index (χ1v) is 8.50. The number of aromatic nitrogens is 2. The molecule has 2 saturated heterocycles. The van der Waals surface area contributed by atoms with Crippen LogP contribution in [0, 0.1) is 12.8 Å². The second-order valence-electron chi connectivity index (χ2n) is 6.62. The molecule has 0 saturated carbocycles. The van der Waals surface area contributed by atoms with E-state index < -0.39 is 0 Å². The summed E-state index contributed by atoms with van der Waals surface area (Å²) in [6.45, 7) is 4.31. The average Bonchev–Trinajstić information content (AvgIpc) is 3.03. The minimum absolute atomic E-state index is 0.166. The molecule has 0 bridgehead atoms. The minimum atomic E-state index is -0.275. The van der Waals surface area contributed by atoms with Gasteiger partial charge in [-0.1, -0.05) is 12.1 Å². The molecular formula is C18H23N3O2. The van der Waals surface area contributed by atoms with E-state index in [1.807, 2.05) is 31.2 Å². The molecular weight excluding hydrogens is 290 g/mol. The van der Waals surface area contributed by atoms with Crippen molar-refractivity contribution < 1.29 is 9.84 Å². The zero-order valence-corrected chi connectivity index (χ0v) is 13.5. The molecule has 2 aliphatic rings. The molecule has 2 fully saturated rings. The number of aryl methyl sites for hydroxylation is 1. The number of benzene rings is 1. The Morgan fingerprint density at radius 3 is 2.74 bits per heavy atom. The van der Waals surface area contributed by atoms with E-state index >= 15 is 0 Å². The Balaban J connectivity index is 1.69. The van der Waals surface area contributed by atoms with Crippen molar-refractivity contribution in [2.24, 2.45) is 5.92 Å². The van der Waals surface area contributed by atoms with Crippen molar-refractivity contribution in [1.29, 1.82) is 0 Å². The lowest BCUT2D eigenvalue weighted by Gasteiger charge is -2.37. The fourth-order valence-corrected chi connectivity index (χ4v) is 3.97. The van der Waals surface area contributed by atoms with Crippen LogP contribution in [0.1, 0.15) is 25.0 Å². The Morgan fingerprint density at radius 1 is 1.17 bits per heavy atom. The molecule has 0 aliphatic carbocycles. The largest absolute Gasteiger partial charge is 0.393 e. The summed E-state index contributed by atoms with van der Waals surface area (Å²) in [4.78, 5) is 11.9. The third kappa shape index (κ3) is 2.68. The maximum absolute atomic E-state index is 10.4. The van der Waals surface area contributed by atoms with Gasteiger partial charge in [-0.15, -0.1) is 0 Å². The van der Waals surface area contributed by atoms with Gasteiger partial charge in [-0.3, -0.25) is 0 Å². The average molecular weight is 313 g/mol. The predicted molar refractivity (Wildman–Crippen MR) is 89.6 cm³/mol. The van der Waals surface area contributed by atoms with Gasteiger partial charge in [0, 0.05) is 25.1 Å². The lowest BCUT2D eigenvalue weighted by Crippen LogP contribution is -2.46. The van der Waals surface area contributed by atoms with Gasteiger partial charge in [-0.2, -0.15) is 0 Å². The Morgan fingerprint density at radius 2 is 1.96 bits per heavy atom. The summed E-state index contributed by atoms with van der Waals surface area (Å²) in [7, 11) is 0. The maximum Gasteiger partial charge on any atom is 0.151 e. The number of para-hydroxylation sites is 2. The molecule has 122 valence electrons. The molecule has 3 heterocycles. The first-order valence-electron chi connectivity index (χ1n) is 8.50. The predicted octanol–water partition coefficient (Wildman–Crippen LogP) is 2.30. The van der Waals surface area contributed by atoms with Crippen molar-refractivity contribution in [2.75, 3.05) is 24.7 Å². The number of fused-ring (bicyclic) bond motifs is 1. The summed E-state index contributed by atoms with van der Waals surface area (Å²) in [6, 6.07) is 8.29. The molecule has 3 atom stereocenters. The van der Waals surface area contributed by atoms with Crippen molar-refractivity contribution in [2.45, 2.75) is 38.3 Å². The monoisotopic (exact) mass is 313 g/mol. The Bertz CT molecular complexity index is 706. The minimum Gasteiger partial charge on any atom is -0.393 e. The molecule has 5 heteroatoms. The molecule has 4 rings (SSSR count). The van der Waals surface area contributed by atoms with Crippen LogP contribution >= 0.6 is 0 Å². The van der Waals surface area contributed by atoms with Crippen molar-refractivity contribution in [1.82, 2.24) is 9.97 Å². The number of hydrogen-bond donors (Lipinski definition) is 1. The second kappa shape index (κ2) is 6.06. The van der Waals surface area contributed by atoms with Crippen LogP contribution < -0.4 is 4.90 Å². The van der Waals surface area contributed by atoms with Crippen molar-refractivity contribution in [3.63, 3.8) is 0 Å². The highest BCUT2D eigenvalue weighted by molar-refractivity contribution is 5.76. The van der Waals surface area contributed by atoms with E-state index in [0.717, 1.165) is 48.4 Å². The summed E-state index contributed by atoms with van der Waals surface area (Å²) in [6.07, 6.45) is 2.67. The molecule has 2 aromatic rings. The van der Waals surface area contributed by atoms with Crippen LogP contribution in [0.5, 0.6) is 0 Å². The lowest BCUT2D eigenvalue weighted by atomic mass is 9.89. The van der Waals surface area contributed by atoms with Crippen LogP contribution in [0.3, 0.4) is 0 Å². The molecule has 1 aromatic heterocycles. The SMILES string of the molecule is Cc1nc2ccccc2nc1N1CCC[C@@H]1[C@H]1COCC[C@H]1O. The number of aliphatic hydroxyl groups is 1. The lowest BCUT2D eigenvalue weighted by molar-refractivity contribution is -0.0438. The van der Waals surface area contributed by atoms with Gasteiger partial charge in [0.25, 0.3) is 0 Å². The van der Waals surface area contributed by atoms with Gasteiger partial charge in [0.1, 0.15) is 0 Å². The Labute approximate surface area is 136 Å². The first-order chi connectivity index (χ1) is 11.2. The van der Waals surface area contributed by atoms with Gasteiger partial charge < -0.3 is 14.7 Å². The van der Waals surface area contributed by atoms with E-state index in [-0.39, 0.29) is 12.0 Å². The molecule has 0 unspecified atom stereocenters. The van der Waals surface area contributed by atoms with Crippen molar-refractivity contribution >= 4 is 16.9 Å². The van der Waals surface area contributed by atoms with Crippen LogP contribution in [-0.2, 0) is 4.74 Å². The summed E-state index contributed by atoms with van der Waals surface area (Å²) in [5.41, 5.74) is 2.83. The third-order valence-electron chi connectivity index (χ3n) is 5.15. The number of nitrogens with zero attached hydrogens (tertiary/aromatic N) is 3. The Kier molecular flexibility index (Phi) is 3.91. The molecule has 2 aliphatic heterocycles. The van der Waals surface area contributed by atoms with Gasteiger partial charge in [0.05, 0.1) is 29.4 Å². The molecule has 1 aromatic carbocycles. The zero-order valence-electron chi connectivity index (χ0n) is 13.5. The van der Waals surface area contributed by atoms with Crippen LogP contribution in [0.15, 0.2) is 24.3 Å². The van der Waals surface area contributed by atoms with E-state index in [9.17, 15) is 5.11 Å². The number of aliphatic hydroxyl groups excluding tert-OH is 1. The quantitative estimate of drug-likeness (QED) is 0.922. The van der Waals surface area contributed by atoms with Gasteiger partial charge in [0.15, 0.2) is 5.82 Å². The van der Waals surface area contributed by atoms with Gasteiger partial charge >= 0.3 is 0 Å². The molecule has 0 amide bonds. The number of ether oxygens (including phenoxy) is 1. The molecule has 5 nitrogen and oxygen atoms in total. The number of rotatable bonds is 2. The van der Waals surface area contributed by atoms with Crippen LogP contribution in [0.4, 0.5) is 5.82 Å². The van der Waals surface area contributed by atoms with E-state index in [0.29, 0.717) is 19.3 Å². The highest BCUT2D eigenvalue weighted by Crippen LogP contribution is 2.34. The Hall–Kier alpha value is -1.72. The molecule has 0 radical (unpaired) electrons. The van der Waals surface area contributed by atoms with Crippen LogP contribution in [0.25, 0.3) is 11.0 Å². The number of hydrogen-bond acceptors (Lipinski definition) is 5. The highest BCUT2D eigenvalue weighted by atomic mass is 16.5. The third-order valence-corrected chi connectivity index (χ3v) is 5.15. The highest BCUT2D eigenvalue weighted by Gasteiger charge is 2.38. The summed E-state index contributed by atoms with van der Waals surface area (Å²) < 4.78 is 5.63. The van der Waals surface area contributed by atoms with Gasteiger partial charge in [0.2, 0.25) is 0 Å². The zero-order chi connectivity index (χ0) is 15.8. The molecule has 0 spiro atoms. The van der Waals surface area contributed by atoms with Crippen molar-refractivity contribution in [3.05, 3.63) is 30.0 Å². The molecule has 23 heavy (non-hydrogen) atoms. The van der Waals surface area contributed by atoms with Crippen molar-refractivity contribution in [3.8, 4) is 0 Å². The van der Waals surface area contributed by atoms with E-state index in [1.165, 1.54) is 0 Å². The summed E-state index contributed by atoms with van der Waals surface area (Å²) in [5, 5.41) is 10.4. The summed E-state index contributed by atoms with van der Waals surface area (Å²) in [5.74, 6) is 1.13. The smallest absolute Gasteiger partial charge is 0.151 e. The van der Waals surface area contributed by atoms with Crippen LogP contribution in [-0.4, -0.2) is 47.0 Å². The van der Waals surface area contributed by atoms with E-state index in [2.05, 4.69) is 4.90 Å². The van der Waals surface area contributed by atoms with E-state index in [4.69, 9.17) is 14.7 Å². The second-order valence-corrected chi connectivity index (χ2v) is 6.62. The van der Waals surface area contributed by atoms with Gasteiger partial charge in [-0.05, 0) is 38.3 Å². The molecule has 1 N–H and O–H groups in total. The van der Waals surface area contributed by atoms with Crippen LogP contribution in [0.2, 0.25) is 0 Å². The normalized spacial score (nSPS) is 28.4. The van der Waals surface area contributed by atoms with Gasteiger partial charge in [-0.25, -0.2) is 9.97 Å².